The summed E-state index contributed by atoms with van der Waals surface area (Å²) < 4.78 is 0. The van der Waals surface area contributed by atoms with Crippen molar-refractivity contribution in [3.63, 3.8) is 0 Å². The molecule has 0 aliphatic heterocycles. The molecule has 2 atom stereocenters. The maximum Gasteiger partial charge on any atom is 0.0108 e. The smallest absolute Gasteiger partial charge is 0.0108 e. The summed E-state index contributed by atoms with van der Waals surface area (Å²) >= 11 is 0. The summed E-state index contributed by atoms with van der Waals surface area (Å²) in [4.78, 5) is 2.84. The van der Waals surface area contributed by atoms with Crippen molar-refractivity contribution < 1.29 is 0 Å². The van der Waals surface area contributed by atoms with Crippen LogP contribution in [0.4, 0.5) is 0 Å². The SMILES string of the molecule is CC(C)CCN(C1CCCC1)C(C)C(C)CNCC(C)C. The van der Waals surface area contributed by atoms with Crippen molar-refractivity contribution >= 4 is 0 Å². The van der Waals surface area contributed by atoms with Crippen molar-refractivity contribution in [3.05, 3.63) is 0 Å². The lowest BCUT2D eigenvalue weighted by molar-refractivity contribution is 0.102. The number of nitrogens with one attached hydrogen (secondary N) is 1. The van der Waals surface area contributed by atoms with Gasteiger partial charge in [-0.25, -0.2) is 0 Å². The minimum absolute atomic E-state index is 0.700. The van der Waals surface area contributed by atoms with Gasteiger partial charge in [-0.1, -0.05) is 47.5 Å². The Morgan fingerprint density at radius 2 is 1.52 bits per heavy atom. The second-order valence-corrected chi connectivity index (χ2v) is 8.13. The van der Waals surface area contributed by atoms with Crippen molar-refractivity contribution in [2.24, 2.45) is 17.8 Å². The van der Waals surface area contributed by atoms with E-state index in [2.05, 4.69) is 51.8 Å². The molecule has 1 aliphatic carbocycles. The predicted molar refractivity (Wildman–Crippen MR) is 94.8 cm³/mol. The first-order chi connectivity index (χ1) is 9.91. The molecule has 2 unspecified atom stereocenters. The van der Waals surface area contributed by atoms with Crippen molar-refractivity contribution in [1.82, 2.24) is 10.2 Å². The lowest BCUT2D eigenvalue weighted by Gasteiger charge is -2.38. The number of rotatable bonds is 10. The molecule has 0 saturated heterocycles. The van der Waals surface area contributed by atoms with Crippen LogP contribution in [0.3, 0.4) is 0 Å². The Morgan fingerprint density at radius 3 is 2.05 bits per heavy atom. The predicted octanol–water partition coefficient (Wildman–Crippen LogP) is 4.55. The van der Waals surface area contributed by atoms with E-state index in [1.54, 1.807) is 0 Å². The molecular weight excluding hydrogens is 256 g/mol. The molecule has 0 heterocycles. The van der Waals surface area contributed by atoms with Gasteiger partial charge in [-0.2, -0.15) is 0 Å². The van der Waals surface area contributed by atoms with Crippen molar-refractivity contribution in [3.8, 4) is 0 Å². The molecule has 2 nitrogen and oxygen atoms in total. The molecule has 2 heteroatoms. The molecule has 0 radical (unpaired) electrons. The summed E-state index contributed by atoms with van der Waals surface area (Å²) in [6.45, 7) is 17.8. The summed E-state index contributed by atoms with van der Waals surface area (Å²) in [6.07, 6.45) is 7.07. The van der Waals surface area contributed by atoms with Gasteiger partial charge in [0.25, 0.3) is 0 Å². The fourth-order valence-electron chi connectivity index (χ4n) is 3.46. The summed E-state index contributed by atoms with van der Waals surface area (Å²) in [5, 5.41) is 3.65. The second-order valence-electron chi connectivity index (χ2n) is 8.13. The highest BCUT2D eigenvalue weighted by Crippen LogP contribution is 2.27. The van der Waals surface area contributed by atoms with Gasteiger partial charge in [0.1, 0.15) is 0 Å². The Labute approximate surface area is 134 Å². The molecule has 1 aliphatic rings. The Bertz CT molecular complexity index is 256. The standard InChI is InChI=1S/C19H40N2/c1-15(2)11-12-21(19-9-7-8-10-19)18(6)17(5)14-20-13-16(3)4/h15-20H,7-14H2,1-6H3. The van der Waals surface area contributed by atoms with E-state index in [4.69, 9.17) is 0 Å². The van der Waals surface area contributed by atoms with Gasteiger partial charge in [0.05, 0.1) is 0 Å². The summed E-state index contributed by atoms with van der Waals surface area (Å²) in [5.74, 6) is 2.30. The summed E-state index contributed by atoms with van der Waals surface area (Å²) in [7, 11) is 0. The molecule has 0 spiro atoms. The Hall–Kier alpha value is -0.0800. The molecule has 1 fully saturated rings. The van der Waals surface area contributed by atoms with Crippen LogP contribution in [0, 0.1) is 17.8 Å². The van der Waals surface area contributed by atoms with Crippen molar-refractivity contribution in [2.75, 3.05) is 19.6 Å². The zero-order valence-corrected chi connectivity index (χ0v) is 15.5. The minimum Gasteiger partial charge on any atom is -0.316 e. The van der Waals surface area contributed by atoms with Gasteiger partial charge >= 0.3 is 0 Å². The van der Waals surface area contributed by atoms with Gasteiger partial charge in [-0.15, -0.1) is 0 Å². The average molecular weight is 297 g/mol. The third-order valence-electron chi connectivity index (χ3n) is 5.12. The van der Waals surface area contributed by atoms with Gasteiger partial charge in [0.15, 0.2) is 0 Å². The van der Waals surface area contributed by atoms with E-state index in [-0.39, 0.29) is 0 Å². The van der Waals surface area contributed by atoms with Crippen LogP contribution in [0.1, 0.15) is 73.6 Å². The first kappa shape index (κ1) is 19.0. The number of nitrogens with zero attached hydrogens (tertiary/aromatic N) is 1. The first-order valence-electron chi connectivity index (χ1n) is 9.38. The number of hydrogen-bond donors (Lipinski definition) is 1. The van der Waals surface area contributed by atoms with Crippen LogP contribution in [0.15, 0.2) is 0 Å². The summed E-state index contributed by atoms with van der Waals surface area (Å²) in [6, 6.07) is 1.55. The van der Waals surface area contributed by atoms with Crippen LogP contribution in [0.25, 0.3) is 0 Å². The molecule has 0 amide bonds. The Morgan fingerprint density at radius 1 is 0.905 bits per heavy atom. The highest BCUT2D eigenvalue weighted by Gasteiger charge is 2.28. The zero-order valence-electron chi connectivity index (χ0n) is 15.5. The lowest BCUT2D eigenvalue weighted by atomic mass is 9.98. The third kappa shape index (κ3) is 7.15. The first-order valence-corrected chi connectivity index (χ1v) is 9.38. The van der Waals surface area contributed by atoms with E-state index in [1.165, 1.54) is 38.6 Å². The van der Waals surface area contributed by atoms with Gasteiger partial charge in [0.2, 0.25) is 0 Å². The van der Waals surface area contributed by atoms with E-state index in [0.717, 1.165) is 36.9 Å². The summed E-state index contributed by atoms with van der Waals surface area (Å²) in [5.41, 5.74) is 0. The van der Waals surface area contributed by atoms with Crippen molar-refractivity contribution in [2.45, 2.75) is 85.7 Å². The molecule has 21 heavy (non-hydrogen) atoms. The van der Waals surface area contributed by atoms with Gasteiger partial charge in [-0.05, 0) is 63.6 Å². The fourth-order valence-corrected chi connectivity index (χ4v) is 3.46. The van der Waals surface area contributed by atoms with Crippen LogP contribution in [0.2, 0.25) is 0 Å². The van der Waals surface area contributed by atoms with E-state index in [9.17, 15) is 0 Å². The van der Waals surface area contributed by atoms with Crippen LogP contribution in [-0.2, 0) is 0 Å². The van der Waals surface area contributed by atoms with E-state index < -0.39 is 0 Å². The molecule has 126 valence electrons. The third-order valence-corrected chi connectivity index (χ3v) is 5.12. The molecule has 1 rings (SSSR count). The lowest BCUT2D eigenvalue weighted by Crippen LogP contribution is -2.47. The topological polar surface area (TPSA) is 15.3 Å². The van der Waals surface area contributed by atoms with Gasteiger partial charge in [-0.3, -0.25) is 4.90 Å². The fraction of sp³-hybridized carbons (Fsp3) is 1.00. The molecule has 1 saturated carbocycles. The van der Waals surface area contributed by atoms with Crippen LogP contribution in [-0.4, -0.2) is 36.6 Å². The number of hydrogen-bond acceptors (Lipinski definition) is 2. The second kappa shape index (κ2) is 9.84. The van der Waals surface area contributed by atoms with E-state index in [0.29, 0.717) is 6.04 Å². The largest absolute Gasteiger partial charge is 0.316 e. The molecule has 1 N–H and O–H groups in total. The molecule has 0 aromatic rings. The normalized spacial score (nSPS) is 19.9. The molecule has 0 aromatic carbocycles. The Balaban J connectivity index is 2.49. The molecule has 0 aromatic heterocycles. The quantitative estimate of drug-likeness (QED) is 0.636. The van der Waals surface area contributed by atoms with Gasteiger partial charge in [0, 0.05) is 12.1 Å². The van der Waals surface area contributed by atoms with E-state index >= 15 is 0 Å². The van der Waals surface area contributed by atoms with Crippen molar-refractivity contribution in [1.29, 1.82) is 0 Å². The monoisotopic (exact) mass is 296 g/mol. The Kier molecular flexibility index (Phi) is 8.89. The maximum atomic E-state index is 3.65. The zero-order chi connectivity index (χ0) is 15.8. The molecule has 0 bridgehead atoms. The van der Waals surface area contributed by atoms with Crippen LogP contribution < -0.4 is 5.32 Å². The minimum atomic E-state index is 0.700. The maximum absolute atomic E-state index is 3.65. The van der Waals surface area contributed by atoms with E-state index in [1.807, 2.05) is 0 Å². The highest BCUT2D eigenvalue weighted by atomic mass is 15.2. The average Bonchev–Trinajstić information content (AvgIpc) is 2.91. The van der Waals surface area contributed by atoms with Crippen LogP contribution >= 0.6 is 0 Å². The highest BCUT2D eigenvalue weighted by molar-refractivity contribution is 4.84. The van der Waals surface area contributed by atoms with Crippen LogP contribution in [0.5, 0.6) is 0 Å². The van der Waals surface area contributed by atoms with Gasteiger partial charge < -0.3 is 5.32 Å². The molecular formula is C19H40N2.